The molecule has 0 saturated carbocycles. The molecule has 0 unspecified atom stereocenters. The van der Waals surface area contributed by atoms with Crippen LogP contribution in [0.1, 0.15) is 22.8 Å². The van der Waals surface area contributed by atoms with Gasteiger partial charge in [-0.2, -0.15) is 4.98 Å². The molecule has 0 aliphatic heterocycles. The summed E-state index contributed by atoms with van der Waals surface area (Å²) in [5.41, 5.74) is 5.81. The molecule has 0 saturated heterocycles. The van der Waals surface area contributed by atoms with Crippen molar-refractivity contribution in [3.05, 3.63) is 34.7 Å². The maximum Gasteiger partial charge on any atom is 0.241 e. The molecule has 0 aliphatic rings. The van der Waals surface area contributed by atoms with E-state index in [1.807, 2.05) is 0 Å². The molecule has 7 nitrogen and oxygen atoms in total. The summed E-state index contributed by atoms with van der Waals surface area (Å²) in [5, 5.41) is 3.56. The van der Waals surface area contributed by atoms with E-state index in [0.717, 1.165) is 6.07 Å². The van der Waals surface area contributed by atoms with Crippen LogP contribution in [-0.4, -0.2) is 18.6 Å². The number of nitrogens with one attached hydrogen (secondary N) is 1. The number of nitrogens with zero attached hydrogens (tertiary/aromatic N) is 2. The highest BCUT2D eigenvalue weighted by molar-refractivity contribution is 7.89. The molecule has 0 aliphatic carbocycles. The molecule has 0 radical (unpaired) electrons. The van der Waals surface area contributed by atoms with E-state index in [2.05, 4.69) is 14.9 Å². The van der Waals surface area contributed by atoms with E-state index in [-0.39, 0.29) is 34.1 Å². The summed E-state index contributed by atoms with van der Waals surface area (Å²) in [7, 11) is -3.87. The Bertz CT molecular complexity index is 786. The summed E-state index contributed by atoms with van der Waals surface area (Å²) in [5.74, 6) is -0.0967. The second-order valence-corrected chi connectivity index (χ2v) is 6.31. The van der Waals surface area contributed by atoms with Crippen molar-refractivity contribution in [2.45, 2.75) is 32.2 Å². The molecule has 114 valence electrons. The van der Waals surface area contributed by atoms with Gasteiger partial charge in [0.1, 0.15) is 5.82 Å². The molecule has 0 atom stereocenters. The lowest BCUT2D eigenvalue weighted by Crippen LogP contribution is -2.25. The second kappa shape index (κ2) is 5.41. The second-order valence-electron chi connectivity index (χ2n) is 4.60. The van der Waals surface area contributed by atoms with Crippen LogP contribution in [0.15, 0.2) is 15.5 Å². The Hall–Kier alpha value is -2.00. The Morgan fingerprint density at radius 2 is 2.05 bits per heavy atom. The normalized spacial score (nSPS) is 11.8. The molecule has 0 spiro atoms. The summed E-state index contributed by atoms with van der Waals surface area (Å²) in [6, 6.07) is 1.09. The molecule has 0 bridgehead atoms. The number of halogens is 1. The highest BCUT2D eigenvalue weighted by Gasteiger charge is 2.23. The summed E-state index contributed by atoms with van der Waals surface area (Å²) in [6.45, 7) is 4.42. The predicted molar refractivity (Wildman–Crippen MR) is 73.3 cm³/mol. The number of aryl methyl sites for hydroxylation is 2. The Labute approximate surface area is 121 Å². The minimum Gasteiger partial charge on any atom is -0.396 e. The fourth-order valence-corrected chi connectivity index (χ4v) is 3.44. The van der Waals surface area contributed by atoms with E-state index >= 15 is 0 Å². The Kier molecular flexibility index (Phi) is 3.97. The van der Waals surface area contributed by atoms with Crippen LogP contribution in [0.4, 0.5) is 10.1 Å². The molecule has 2 rings (SSSR count). The lowest BCUT2D eigenvalue weighted by atomic mass is 10.1. The fraction of sp³-hybridized carbons (Fsp3) is 0.333. The van der Waals surface area contributed by atoms with E-state index < -0.39 is 15.8 Å². The Balaban J connectivity index is 2.34. The van der Waals surface area contributed by atoms with Crippen LogP contribution >= 0.6 is 0 Å². The van der Waals surface area contributed by atoms with Crippen LogP contribution < -0.4 is 10.5 Å². The van der Waals surface area contributed by atoms with Gasteiger partial charge in [-0.15, -0.1) is 0 Å². The predicted octanol–water partition coefficient (Wildman–Crippen LogP) is 1.19. The first-order valence-electron chi connectivity index (χ1n) is 6.06. The van der Waals surface area contributed by atoms with Crippen molar-refractivity contribution >= 4 is 15.7 Å². The molecular weight excluding hydrogens is 299 g/mol. The van der Waals surface area contributed by atoms with Gasteiger partial charge < -0.3 is 10.3 Å². The van der Waals surface area contributed by atoms with Gasteiger partial charge in [0.25, 0.3) is 0 Å². The number of nitrogens with two attached hydrogens (primary N) is 1. The average molecular weight is 314 g/mol. The van der Waals surface area contributed by atoms with Crippen LogP contribution in [-0.2, 0) is 16.6 Å². The van der Waals surface area contributed by atoms with E-state index in [4.69, 9.17) is 10.3 Å². The van der Waals surface area contributed by atoms with Crippen molar-refractivity contribution in [2.75, 3.05) is 5.73 Å². The van der Waals surface area contributed by atoms with Crippen LogP contribution in [0.3, 0.4) is 0 Å². The number of anilines is 1. The first-order valence-corrected chi connectivity index (χ1v) is 7.54. The SMILES string of the molecule is Cc1noc(CNS(=O)(=O)c2c(C)cc(F)c(N)c2C)n1. The van der Waals surface area contributed by atoms with E-state index in [9.17, 15) is 12.8 Å². The third kappa shape index (κ3) is 3.03. The molecule has 1 heterocycles. The summed E-state index contributed by atoms with van der Waals surface area (Å²) >= 11 is 0. The summed E-state index contributed by atoms with van der Waals surface area (Å²) in [4.78, 5) is 3.85. The lowest BCUT2D eigenvalue weighted by Gasteiger charge is -2.13. The topological polar surface area (TPSA) is 111 Å². The molecule has 0 fully saturated rings. The van der Waals surface area contributed by atoms with Crippen molar-refractivity contribution in [3.8, 4) is 0 Å². The van der Waals surface area contributed by atoms with Crippen LogP contribution in [0.25, 0.3) is 0 Å². The van der Waals surface area contributed by atoms with Gasteiger partial charge in [-0.25, -0.2) is 17.5 Å². The van der Waals surface area contributed by atoms with E-state index in [1.165, 1.54) is 13.8 Å². The maximum absolute atomic E-state index is 13.5. The zero-order valence-corrected chi connectivity index (χ0v) is 12.6. The van der Waals surface area contributed by atoms with Gasteiger partial charge in [-0.3, -0.25) is 0 Å². The maximum atomic E-state index is 13.5. The highest BCUT2D eigenvalue weighted by Crippen LogP contribution is 2.27. The molecule has 3 N–H and O–H groups in total. The number of hydrogen-bond acceptors (Lipinski definition) is 6. The number of sulfonamides is 1. The van der Waals surface area contributed by atoms with Crippen molar-refractivity contribution in [2.24, 2.45) is 0 Å². The van der Waals surface area contributed by atoms with Crippen molar-refractivity contribution in [1.29, 1.82) is 0 Å². The molecule has 21 heavy (non-hydrogen) atoms. The third-order valence-corrected chi connectivity index (χ3v) is 4.65. The summed E-state index contributed by atoms with van der Waals surface area (Å²) in [6.07, 6.45) is 0. The average Bonchev–Trinajstić information content (AvgIpc) is 2.79. The van der Waals surface area contributed by atoms with Gasteiger partial charge in [-0.1, -0.05) is 5.16 Å². The molecule has 9 heteroatoms. The molecule has 1 aromatic carbocycles. The minimum atomic E-state index is -3.87. The Morgan fingerprint density at radius 3 is 2.62 bits per heavy atom. The standard InChI is InChI=1S/C12H15FN4O3S/c1-6-4-9(13)11(14)7(2)12(6)21(18,19)15-5-10-16-8(3)17-20-10/h4,15H,5,14H2,1-3H3. The molecule has 1 aromatic heterocycles. The highest BCUT2D eigenvalue weighted by atomic mass is 32.2. The molecular formula is C12H15FN4O3S. The number of nitrogen functional groups attached to an aromatic ring is 1. The van der Waals surface area contributed by atoms with Crippen molar-refractivity contribution < 1.29 is 17.3 Å². The number of benzene rings is 1. The first kappa shape index (κ1) is 15.4. The van der Waals surface area contributed by atoms with Crippen molar-refractivity contribution in [3.63, 3.8) is 0 Å². The van der Waals surface area contributed by atoms with E-state index in [0.29, 0.717) is 5.82 Å². The minimum absolute atomic E-state index is 0.0439. The van der Waals surface area contributed by atoms with Crippen LogP contribution in [0, 0.1) is 26.6 Å². The monoisotopic (exact) mass is 314 g/mol. The van der Waals surface area contributed by atoms with Crippen LogP contribution in [0.5, 0.6) is 0 Å². The van der Waals surface area contributed by atoms with Gasteiger partial charge in [0, 0.05) is 0 Å². The smallest absolute Gasteiger partial charge is 0.241 e. The van der Waals surface area contributed by atoms with Gasteiger partial charge >= 0.3 is 0 Å². The van der Waals surface area contributed by atoms with Crippen LogP contribution in [0.2, 0.25) is 0 Å². The van der Waals surface area contributed by atoms with Gasteiger partial charge in [0.05, 0.1) is 17.1 Å². The molecule has 2 aromatic rings. The number of hydrogen-bond donors (Lipinski definition) is 2. The Morgan fingerprint density at radius 1 is 1.38 bits per heavy atom. The lowest BCUT2D eigenvalue weighted by molar-refractivity contribution is 0.372. The van der Waals surface area contributed by atoms with Gasteiger partial charge in [-0.05, 0) is 38.0 Å². The first-order chi connectivity index (χ1) is 9.72. The molecule has 0 amide bonds. The third-order valence-electron chi connectivity index (χ3n) is 2.96. The zero-order valence-electron chi connectivity index (χ0n) is 11.8. The van der Waals surface area contributed by atoms with Crippen molar-refractivity contribution in [1.82, 2.24) is 14.9 Å². The quantitative estimate of drug-likeness (QED) is 0.820. The fourth-order valence-electron chi connectivity index (χ4n) is 1.98. The summed E-state index contributed by atoms with van der Waals surface area (Å²) < 4.78 is 45.3. The number of aromatic nitrogens is 2. The number of rotatable bonds is 4. The van der Waals surface area contributed by atoms with Gasteiger partial charge in [0.2, 0.25) is 15.9 Å². The van der Waals surface area contributed by atoms with Gasteiger partial charge in [0.15, 0.2) is 5.82 Å². The largest absolute Gasteiger partial charge is 0.396 e. The zero-order chi connectivity index (χ0) is 15.8. The van der Waals surface area contributed by atoms with E-state index in [1.54, 1.807) is 6.92 Å².